The molecule has 1 aromatic rings. The van der Waals surface area contributed by atoms with Crippen LogP contribution in [-0.4, -0.2) is 35.1 Å². The first-order chi connectivity index (χ1) is 10.1. The summed E-state index contributed by atoms with van der Waals surface area (Å²) in [7, 11) is 0. The summed E-state index contributed by atoms with van der Waals surface area (Å²) in [6.45, 7) is 4.16. The van der Waals surface area contributed by atoms with Crippen molar-refractivity contribution < 1.29 is 14.7 Å². The second kappa shape index (κ2) is 7.11. The predicted octanol–water partition coefficient (Wildman–Crippen LogP) is 2.72. The second-order valence-corrected chi connectivity index (χ2v) is 5.55. The van der Waals surface area contributed by atoms with Crippen LogP contribution in [0.3, 0.4) is 0 Å². The van der Waals surface area contributed by atoms with Gasteiger partial charge in [-0.15, -0.1) is 0 Å². The van der Waals surface area contributed by atoms with E-state index in [0.717, 1.165) is 31.5 Å². The lowest BCUT2D eigenvalue weighted by molar-refractivity contribution is 0.0696. The van der Waals surface area contributed by atoms with Crippen molar-refractivity contribution in [1.29, 1.82) is 0 Å². The fraction of sp³-hybridized carbons (Fsp3) is 0.500. The maximum absolute atomic E-state index is 12.1. The summed E-state index contributed by atoms with van der Waals surface area (Å²) in [5.74, 6) is -0.332. The number of carbonyl (C=O) groups excluding carboxylic acids is 1. The number of aromatic carboxylic acids is 1. The Labute approximate surface area is 125 Å². The van der Waals surface area contributed by atoms with Gasteiger partial charge in [0.1, 0.15) is 0 Å². The minimum atomic E-state index is -0.954. The number of hydrogen-bond donors (Lipinski definition) is 2. The van der Waals surface area contributed by atoms with Crippen molar-refractivity contribution in [2.75, 3.05) is 13.1 Å². The van der Waals surface area contributed by atoms with Crippen molar-refractivity contribution in [3.05, 3.63) is 35.4 Å². The number of amides is 2. The first-order valence-electron chi connectivity index (χ1n) is 7.45. The van der Waals surface area contributed by atoms with Gasteiger partial charge in [0, 0.05) is 19.6 Å². The van der Waals surface area contributed by atoms with Crippen LogP contribution in [0.2, 0.25) is 0 Å². The Morgan fingerprint density at radius 2 is 2.24 bits per heavy atom. The zero-order valence-electron chi connectivity index (χ0n) is 12.3. The van der Waals surface area contributed by atoms with Crippen LogP contribution >= 0.6 is 0 Å². The van der Waals surface area contributed by atoms with Gasteiger partial charge in [-0.2, -0.15) is 0 Å². The van der Waals surface area contributed by atoms with Crippen LogP contribution in [-0.2, 0) is 6.54 Å². The third kappa shape index (κ3) is 4.21. The molecule has 1 fully saturated rings. The molecule has 5 nitrogen and oxygen atoms in total. The summed E-state index contributed by atoms with van der Waals surface area (Å²) >= 11 is 0. The van der Waals surface area contributed by atoms with Gasteiger partial charge in [-0.1, -0.05) is 25.5 Å². The monoisotopic (exact) mass is 290 g/mol. The molecule has 114 valence electrons. The average molecular weight is 290 g/mol. The molecule has 1 aromatic carbocycles. The standard InChI is InChI=1S/C16H22N2O3/c1-2-4-12-7-8-18(11-12)16(21)17-10-13-5-3-6-14(9-13)15(19)20/h3,5-6,9,12H,2,4,7-8,10-11H2,1H3,(H,17,21)(H,19,20). The number of carbonyl (C=O) groups is 2. The number of nitrogens with one attached hydrogen (secondary N) is 1. The number of carboxylic acids is 1. The molecule has 1 heterocycles. The maximum Gasteiger partial charge on any atom is 0.335 e. The molecule has 0 aromatic heterocycles. The number of hydrogen-bond acceptors (Lipinski definition) is 2. The lowest BCUT2D eigenvalue weighted by Gasteiger charge is -2.17. The molecule has 0 aliphatic carbocycles. The van der Waals surface area contributed by atoms with Crippen LogP contribution in [0.1, 0.15) is 42.1 Å². The summed E-state index contributed by atoms with van der Waals surface area (Å²) in [5.41, 5.74) is 1.04. The van der Waals surface area contributed by atoms with Gasteiger partial charge >= 0.3 is 12.0 Å². The normalized spacial score (nSPS) is 17.8. The zero-order chi connectivity index (χ0) is 15.2. The van der Waals surface area contributed by atoms with Crippen LogP contribution in [0.25, 0.3) is 0 Å². The van der Waals surface area contributed by atoms with Gasteiger partial charge in [0.15, 0.2) is 0 Å². The molecule has 1 saturated heterocycles. The van der Waals surface area contributed by atoms with E-state index in [0.29, 0.717) is 12.5 Å². The summed E-state index contributed by atoms with van der Waals surface area (Å²) in [6.07, 6.45) is 3.41. The smallest absolute Gasteiger partial charge is 0.335 e. The molecule has 21 heavy (non-hydrogen) atoms. The number of benzene rings is 1. The molecule has 0 spiro atoms. The molecule has 2 amide bonds. The van der Waals surface area contributed by atoms with E-state index >= 15 is 0 Å². The van der Waals surface area contributed by atoms with E-state index in [2.05, 4.69) is 12.2 Å². The molecule has 1 atom stereocenters. The summed E-state index contributed by atoms with van der Waals surface area (Å²) in [6, 6.07) is 6.58. The Morgan fingerprint density at radius 1 is 1.43 bits per heavy atom. The van der Waals surface area contributed by atoms with Gasteiger partial charge in [-0.25, -0.2) is 9.59 Å². The van der Waals surface area contributed by atoms with Crippen LogP contribution in [0, 0.1) is 5.92 Å². The van der Waals surface area contributed by atoms with Crippen LogP contribution in [0.5, 0.6) is 0 Å². The van der Waals surface area contributed by atoms with E-state index in [1.807, 2.05) is 11.0 Å². The van der Waals surface area contributed by atoms with Crippen molar-refractivity contribution in [2.24, 2.45) is 5.92 Å². The molecule has 2 N–H and O–H groups in total. The van der Waals surface area contributed by atoms with Crippen molar-refractivity contribution in [2.45, 2.75) is 32.7 Å². The quantitative estimate of drug-likeness (QED) is 0.876. The van der Waals surface area contributed by atoms with E-state index < -0.39 is 5.97 Å². The number of nitrogens with zero attached hydrogens (tertiary/aromatic N) is 1. The van der Waals surface area contributed by atoms with Crippen LogP contribution < -0.4 is 5.32 Å². The summed E-state index contributed by atoms with van der Waals surface area (Å²) in [5, 5.41) is 11.8. The van der Waals surface area contributed by atoms with Gasteiger partial charge < -0.3 is 15.3 Å². The molecule has 0 saturated carbocycles. The molecule has 1 aliphatic rings. The fourth-order valence-electron chi connectivity index (χ4n) is 2.76. The highest BCUT2D eigenvalue weighted by Gasteiger charge is 2.25. The molecular formula is C16H22N2O3. The van der Waals surface area contributed by atoms with Crippen LogP contribution in [0.4, 0.5) is 4.79 Å². The minimum Gasteiger partial charge on any atom is -0.478 e. The van der Waals surface area contributed by atoms with Crippen LogP contribution in [0.15, 0.2) is 24.3 Å². The average Bonchev–Trinajstić information content (AvgIpc) is 2.94. The Morgan fingerprint density at radius 3 is 2.95 bits per heavy atom. The number of carboxylic acid groups (broad SMARTS) is 1. The molecule has 1 aliphatic heterocycles. The lowest BCUT2D eigenvalue weighted by atomic mass is 10.0. The van der Waals surface area contributed by atoms with E-state index in [1.54, 1.807) is 18.2 Å². The first-order valence-corrected chi connectivity index (χ1v) is 7.45. The van der Waals surface area contributed by atoms with E-state index in [9.17, 15) is 9.59 Å². The Hall–Kier alpha value is -2.04. The topological polar surface area (TPSA) is 69.6 Å². The lowest BCUT2D eigenvalue weighted by Crippen LogP contribution is -2.38. The van der Waals surface area contributed by atoms with Gasteiger partial charge in [-0.3, -0.25) is 0 Å². The summed E-state index contributed by atoms with van der Waals surface area (Å²) < 4.78 is 0. The molecule has 2 rings (SSSR count). The zero-order valence-corrected chi connectivity index (χ0v) is 12.3. The van der Waals surface area contributed by atoms with E-state index in [-0.39, 0.29) is 11.6 Å². The molecule has 0 bridgehead atoms. The van der Waals surface area contributed by atoms with E-state index in [4.69, 9.17) is 5.11 Å². The van der Waals surface area contributed by atoms with Gasteiger partial charge in [0.2, 0.25) is 0 Å². The van der Waals surface area contributed by atoms with E-state index in [1.165, 1.54) is 6.42 Å². The Balaban J connectivity index is 1.84. The van der Waals surface area contributed by atoms with Gasteiger partial charge in [-0.05, 0) is 36.5 Å². The molecule has 5 heteroatoms. The SMILES string of the molecule is CCCC1CCN(C(=O)NCc2cccc(C(=O)O)c2)C1. The third-order valence-electron chi connectivity index (χ3n) is 3.89. The van der Waals surface area contributed by atoms with Gasteiger partial charge in [0.25, 0.3) is 0 Å². The highest BCUT2D eigenvalue weighted by atomic mass is 16.4. The number of rotatable bonds is 5. The molecule has 1 unspecified atom stereocenters. The second-order valence-electron chi connectivity index (χ2n) is 5.55. The fourth-order valence-corrected chi connectivity index (χ4v) is 2.76. The minimum absolute atomic E-state index is 0.0608. The van der Waals surface area contributed by atoms with Crippen molar-refractivity contribution in [1.82, 2.24) is 10.2 Å². The van der Waals surface area contributed by atoms with Gasteiger partial charge in [0.05, 0.1) is 5.56 Å². The molecular weight excluding hydrogens is 268 g/mol. The maximum atomic E-state index is 12.1. The number of likely N-dealkylation sites (tertiary alicyclic amines) is 1. The van der Waals surface area contributed by atoms with Crippen molar-refractivity contribution in [3.63, 3.8) is 0 Å². The highest BCUT2D eigenvalue weighted by molar-refractivity contribution is 5.87. The highest BCUT2D eigenvalue weighted by Crippen LogP contribution is 2.20. The molecule has 0 radical (unpaired) electrons. The first kappa shape index (κ1) is 15.4. The predicted molar refractivity (Wildman–Crippen MR) is 80.2 cm³/mol. The summed E-state index contributed by atoms with van der Waals surface area (Å²) in [4.78, 5) is 24.8. The van der Waals surface area contributed by atoms with Crippen molar-refractivity contribution in [3.8, 4) is 0 Å². The van der Waals surface area contributed by atoms with Crippen molar-refractivity contribution >= 4 is 12.0 Å². The largest absolute Gasteiger partial charge is 0.478 e. The third-order valence-corrected chi connectivity index (χ3v) is 3.89. The Bertz CT molecular complexity index is 516. The Kier molecular flexibility index (Phi) is 5.20. The number of urea groups is 1.